The number of nitrogens with zero attached hydrogens (tertiary/aromatic N) is 2. The van der Waals surface area contributed by atoms with Gasteiger partial charge in [0.2, 0.25) is 10.0 Å². The third-order valence-electron chi connectivity index (χ3n) is 3.80. The Morgan fingerprint density at radius 3 is 2.39 bits per heavy atom. The Hall–Kier alpha value is -1.64. The quantitative estimate of drug-likeness (QED) is 0.749. The zero-order chi connectivity index (χ0) is 16.9. The summed E-state index contributed by atoms with van der Waals surface area (Å²) in [5.41, 5.74) is 0.491. The van der Waals surface area contributed by atoms with Crippen LogP contribution in [-0.4, -0.2) is 76.3 Å². The summed E-state index contributed by atoms with van der Waals surface area (Å²) < 4.78 is 35.7. The maximum atomic E-state index is 12.6. The van der Waals surface area contributed by atoms with Crippen molar-refractivity contribution in [3.63, 3.8) is 0 Å². The molecular weight excluding hydrogens is 320 g/mol. The SMILES string of the molecule is COCCS(=O)(=O)N1CCN(C(=O)c2ccccc2OC)CC1. The van der Waals surface area contributed by atoms with Gasteiger partial charge in [0.05, 0.1) is 25.0 Å². The Labute approximate surface area is 136 Å². The number of carbonyl (C=O) groups is 1. The van der Waals surface area contributed by atoms with Gasteiger partial charge in [-0.15, -0.1) is 0 Å². The van der Waals surface area contributed by atoms with Gasteiger partial charge in [0.15, 0.2) is 0 Å². The summed E-state index contributed by atoms with van der Waals surface area (Å²) in [5.74, 6) is 0.341. The first-order chi connectivity index (χ1) is 11.0. The first-order valence-corrected chi connectivity index (χ1v) is 8.99. The minimum atomic E-state index is -3.33. The molecule has 1 aliphatic heterocycles. The number of sulfonamides is 1. The van der Waals surface area contributed by atoms with E-state index in [0.717, 1.165) is 0 Å². The summed E-state index contributed by atoms with van der Waals surface area (Å²) in [6.45, 7) is 1.49. The van der Waals surface area contributed by atoms with Crippen LogP contribution in [-0.2, 0) is 14.8 Å². The molecule has 0 spiro atoms. The van der Waals surface area contributed by atoms with Crippen LogP contribution in [0.1, 0.15) is 10.4 Å². The molecular formula is C15H22N2O5S. The van der Waals surface area contributed by atoms with Crippen molar-refractivity contribution in [1.29, 1.82) is 0 Å². The largest absolute Gasteiger partial charge is 0.496 e. The number of amides is 1. The van der Waals surface area contributed by atoms with Crippen molar-refractivity contribution in [2.24, 2.45) is 0 Å². The second kappa shape index (κ2) is 7.76. The molecule has 23 heavy (non-hydrogen) atoms. The number of para-hydroxylation sites is 1. The van der Waals surface area contributed by atoms with E-state index in [1.54, 1.807) is 29.2 Å². The average Bonchev–Trinajstić information content (AvgIpc) is 2.59. The van der Waals surface area contributed by atoms with Crippen molar-refractivity contribution in [3.05, 3.63) is 29.8 Å². The van der Waals surface area contributed by atoms with E-state index < -0.39 is 10.0 Å². The lowest BCUT2D eigenvalue weighted by atomic mass is 10.1. The van der Waals surface area contributed by atoms with Crippen LogP contribution < -0.4 is 4.74 Å². The topological polar surface area (TPSA) is 76.2 Å². The Balaban J connectivity index is 2.00. The summed E-state index contributed by atoms with van der Waals surface area (Å²) in [6.07, 6.45) is 0. The molecule has 0 bridgehead atoms. The van der Waals surface area contributed by atoms with Crippen LogP contribution in [0.25, 0.3) is 0 Å². The number of hydrogen-bond donors (Lipinski definition) is 0. The lowest BCUT2D eigenvalue weighted by molar-refractivity contribution is 0.0694. The number of rotatable bonds is 6. The number of piperazine rings is 1. The van der Waals surface area contributed by atoms with Crippen molar-refractivity contribution in [3.8, 4) is 5.75 Å². The number of methoxy groups -OCH3 is 2. The molecule has 1 heterocycles. The van der Waals surface area contributed by atoms with Crippen molar-refractivity contribution in [2.45, 2.75) is 0 Å². The summed E-state index contributed by atoms with van der Waals surface area (Å²) >= 11 is 0. The average molecular weight is 342 g/mol. The summed E-state index contributed by atoms with van der Waals surface area (Å²) in [4.78, 5) is 14.2. The standard InChI is InChI=1S/C15H22N2O5S/c1-21-11-12-23(19,20)17-9-7-16(8-10-17)15(18)13-5-3-4-6-14(13)22-2/h3-6H,7-12H2,1-2H3. The van der Waals surface area contributed by atoms with E-state index in [1.165, 1.54) is 18.5 Å². The van der Waals surface area contributed by atoms with E-state index in [2.05, 4.69) is 0 Å². The minimum Gasteiger partial charge on any atom is -0.496 e. The van der Waals surface area contributed by atoms with E-state index in [9.17, 15) is 13.2 Å². The molecule has 1 amide bonds. The molecule has 1 saturated heterocycles. The van der Waals surface area contributed by atoms with Crippen molar-refractivity contribution in [2.75, 3.05) is 52.8 Å². The maximum absolute atomic E-state index is 12.6. The van der Waals surface area contributed by atoms with E-state index in [-0.39, 0.29) is 18.3 Å². The first-order valence-electron chi connectivity index (χ1n) is 7.38. The zero-order valence-electron chi connectivity index (χ0n) is 13.4. The highest BCUT2D eigenvalue weighted by atomic mass is 32.2. The zero-order valence-corrected chi connectivity index (χ0v) is 14.2. The number of hydrogen-bond acceptors (Lipinski definition) is 5. The fourth-order valence-corrected chi connectivity index (χ4v) is 3.83. The van der Waals surface area contributed by atoms with E-state index in [0.29, 0.717) is 37.5 Å². The van der Waals surface area contributed by atoms with Crippen LogP contribution in [0.15, 0.2) is 24.3 Å². The lowest BCUT2D eigenvalue weighted by Crippen LogP contribution is -2.51. The first kappa shape index (κ1) is 17.7. The van der Waals surface area contributed by atoms with Gasteiger partial charge >= 0.3 is 0 Å². The fourth-order valence-electron chi connectivity index (χ4n) is 2.48. The van der Waals surface area contributed by atoms with Gasteiger partial charge in [-0.2, -0.15) is 4.31 Å². The van der Waals surface area contributed by atoms with Crippen LogP contribution in [0.2, 0.25) is 0 Å². The minimum absolute atomic E-state index is 0.0377. The van der Waals surface area contributed by atoms with Crippen LogP contribution in [0.3, 0.4) is 0 Å². The lowest BCUT2D eigenvalue weighted by Gasteiger charge is -2.34. The Kier molecular flexibility index (Phi) is 5.97. The molecule has 1 fully saturated rings. The molecule has 8 heteroatoms. The van der Waals surface area contributed by atoms with Crippen molar-refractivity contribution in [1.82, 2.24) is 9.21 Å². The molecule has 128 valence electrons. The second-order valence-electron chi connectivity index (χ2n) is 5.20. The van der Waals surface area contributed by atoms with Crippen LogP contribution in [0.5, 0.6) is 5.75 Å². The molecule has 1 aromatic rings. The van der Waals surface area contributed by atoms with Gasteiger partial charge in [-0.3, -0.25) is 4.79 Å². The molecule has 1 aliphatic rings. The molecule has 0 unspecified atom stereocenters. The van der Waals surface area contributed by atoms with Crippen LogP contribution >= 0.6 is 0 Å². The van der Waals surface area contributed by atoms with Gasteiger partial charge in [-0.1, -0.05) is 12.1 Å². The van der Waals surface area contributed by atoms with Gasteiger partial charge in [-0.25, -0.2) is 8.42 Å². The highest BCUT2D eigenvalue weighted by molar-refractivity contribution is 7.89. The van der Waals surface area contributed by atoms with Gasteiger partial charge in [0.25, 0.3) is 5.91 Å². The monoisotopic (exact) mass is 342 g/mol. The summed E-state index contributed by atoms with van der Waals surface area (Å²) in [7, 11) is -0.335. The van der Waals surface area contributed by atoms with E-state index in [4.69, 9.17) is 9.47 Å². The molecule has 0 aliphatic carbocycles. The normalized spacial score (nSPS) is 16.3. The second-order valence-corrected chi connectivity index (χ2v) is 7.29. The third kappa shape index (κ3) is 4.21. The molecule has 2 rings (SSSR count). The smallest absolute Gasteiger partial charge is 0.257 e. The predicted molar refractivity (Wildman–Crippen MR) is 86.1 cm³/mol. The molecule has 1 aromatic carbocycles. The van der Waals surface area contributed by atoms with Gasteiger partial charge in [-0.05, 0) is 12.1 Å². The molecule has 0 N–H and O–H groups in total. The van der Waals surface area contributed by atoms with Crippen molar-refractivity contribution < 1.29 is 22.7 Å². The molecule has 0 saturated carbocycles. The van der Waals surface area contributed by atoms with E-state index in [1.807, 2.05) is 0 Å². The van der Waals surface area contributed by atoms with Gasteiger partial charge in [0, 0.05) is 33.3 Å². The Morgan fingerprint density at radius 2 is 1.78 bits per heavy atom. The van der Waals surface area contributed by atoms with Gasteiger partial charge < -0.3 is 14.4 Å². The van der Waals surface area contributed by atoms with Crippen molar-refractivity contribution >= 4 is 15.9 Å². The fraction of sp³-hybridized carbons (Fsp3) is 0.533. The molecule has 7 nitrogen and oxygen atoms in total. The molecule has 0 atom stereocenters. The maximum Gasteiger partial charge on any atom is 0.257 e. The molecule has 0 aromatic heterocycles. The predicted octanol–water partition coefficient (Wildman–Crippen LogP) is 0.429. The summed E-state index contributed by atoms with van der Waals surface area (Å²) in [5, 5.41) is 0. The Bertz CT molecular complexity index is 639. The highest BCUT2D eigenvalue weighted by Gasteiger charge is 2.29. The van der Waals surface area contributed by atoms with Crippen LogP contribution in [0, 0.1) is 0 Å². The number of carbonyl (C=O) groups excluding carboxylic acids is 1. The number of ether oxygens (including phenoxy) is 2. The third-order valence-corrected chi connectivity index (χ3v) is 5.64. The van der Waals surface area contributed by atoms with Crippen LogP contribution in [0.4, 0.5) is 0 Å². The molecule has 0 radical (unpaired) electrons. The van der Waals surface area contributed by atoms with Gasteiger partial charge in [0.1, 0.15) is 5.75 Å². The summed E-state index contributed by atoms with van der Waals surface area (Å²) in [6, 6.07) is 7.03. The van der Waals surface area contributed by atoms with E-state index >= 15 is 0 Å². The number of benzene rings is 1. The highest BCUT2D eigenvalue weighted by Crippen LogP contribution is 2.20. The Morgan fingerprint density at radius 1 is 1.13 bits per heavy atom.